The number of benzene rings is 1. The number of hydrogen-bond acceptors (Lipinski definition) is 3. The molecular formula is C15H20Cl2N2O2. The fraction of sp³-hybridized carbons (Fsp3) is 0.400. The molecular weight excluding hydrogens is 311 g/mol. The van der Waals surface area contributed by atoms with Gasteiger partial charge in [0.1, 0.15) is 5.75 Å². The molecule has 1 heterocycles. The van der Waals surface area contributed by atoms with Crippen molar-refractivity contribution < 1.29 is 9.53 Å². The Morgan fingerprint density at radius 2 is 2.29 bits per heavy atom. The second kappa shape index (κ2) is 8.93. The molecule has 6 heteroatoms. The van der Waals surface area contributed by atoms with Gasteiger partial charge in [-0.1, -0.05) is 23.3 Å². The first-order valence-corrected chi connectivity index (χ1v) is 7.04. The van der Waals surface area contributed by atoms with Crippen LogP contribution >= 0.6 is 24.0 Å². The minimum Gasteiger partial charge on any atom is -0.496 e. The molecule has 1 aromatic carbocycles. The Morgan fingerprint density at radius 3 is 2.95 bits per heavy atom. The first-order valence-electron chi connectivity index (χ1n) is 6.67. The van der Waals surface area contributed by atoms with Crippen molar-refractivity contribution >= 4 is 29.9 Å². The molecule has 1 amide bonds. The molecule has 1 aromatic rings. The number of halogens is 2. The van der Waals surface area contributed by atoms with Crippen LogP contribution in [0, 0.1) is 0 Å². The zero-order chi connectivity index (χ0) is 14.4. The van der Waals surface area contributed by atoms with E-state index in [2.05, 4.69) is 16.7 Å². The number of carbonyl (C=O) groups is 1. The average molecular weight is 331 g/mol. The van der Waals surface area contributed by atoms with Gasteiger partial charge in [0.15, 0.2) is 0 Å². The molecule has 0 fully saturated rings. The van der Waals surface area contributed by atoms with E-state index < -0.39 is 0 Å². The topological polar surface area (TPSA) is 50.4 Å². The highest BCUT2D eigenvalue weighted by Gasteiger charge is 2.10. The molecule has 0 bridgehead atoms. The van der Waals surface area contributed by atoms with E-state index in [4.69, 9.17) is 16.3 Å². The highest BCUT2D eigenvalue weighted by Crippen LogP contribution is 2.23. The molecule has 0 atom stereocenters. The first-order chi connectivity index (χ1) is 9.69. The van der Waals surface area contributed by atoms with E-state index in [9.17, 15) is 4.79 Å². The van der Waals surface area contributed by atoms with Gasteiger partial charge in [-0.05, 0) is 31.2 Å². The van der Waals surface area contributed by atoms with Crippen molar-refractivity contribution in [2.24, 2.45) is 0 Å². The third-order valence-electron chi connectivity index (χ3n) is 3.26. The van der Waals surface area contributed by atoms with Crippen molar-refractivity contribution in [2.75, 3.05) is 26.7 Å². The average Bonchev–Trinajstić information content (AvgIpc) is 2.46. The highest BCUT2D eigenvalue weighted by atomic mass is 35.5. The summed E-state index contributed by atoms with van der Waals surface area (Å²) in [5, 5.41) is 6.79. The SMILES string of the molecule is COc1ccc(Cl)cc1CC(=O)NCC1=CCNCC1.Cl. The number of hydrogen-bond donors (Lipinski definition) is 2. The van der Waals surface area contributed by atoms with Crippen LogP contribution in [0.1, 0.15) is 12.0 Å². The third-order valence-corrected chi connectivity index (χ3v) is 3.50. The molecule has 0 aliphatic carbocycles. The van der Waals surface area contributed by atoms with Gasteiger partial charge in [-0.25, -0.2) is 0 Å². The van der Waals surface area contributed by atoms with Crippen molar-refractivity contribution in [1.82, 2.24) is 10.6 Å². The van der Waals surface area contributed by atoms with Crippen LogP contribution in [0.5, 0.6) is 5.75 Å². The molecule has 2 rings (SSSR count). The molecule has 21 heavy (non-hydrogen) atoms. The molecule has 4 nitrogen and oxygen atoms in total. The summed E-state index contributed by atoms with van der Waals surface area (Å²) in [7, 11) is 1.59. The van der Waals surface area contributed by atoms with Crippen LogP contribution < -0.4 is 15.4 Å². The van der Waals surface area contributed by atoms with Gasteiger partial charge in [0, 0.05) is 23.7 Å². The van der Waals surface area contributed by atoms with E-state index in [1.807, 2.05) is 0 Å². The van der Waals surface area contributed by atoms with E-state index in [0.29, 0.717) is 17.3 Å². The normalized spacial score (nSPS) is 13.9. The number of amides is 1. The minimum atomic E-state index is -0.0231. The van der Waals surface area contributed by atoms with E-state index in [1.165, 1.54) is 5.57 Å². The monoisotopic (exact) mass is 330 g/mol. The lowest BCUT2D eigenvalue weighted by molar-refractivity contribution is -0.120. The predicted molar refractivity (Wildman–Crippen MR) is 87.5 cm³/mol. The predicted octanol–water partition coefficient (Wildman–Crippen LogP) is 2.35. The number of nitrogens with one attached hydrogen (secondary N) is 2. The van der Waals surface area contributed by atoms with Crippen molar-refractivity contribution in [3.05, 3.63) is 40.4 Å². The maximum absolute atomic E-state index is 12.0. The standard InChI is InChI=1S/C15H19ClN2O2.ClH/c1-20-14-3-2-13(16)8-12(14)9-15(19)18-10-11-4-6-17-7-5-11;/h2-4,8,17H,5-7,9-10H2,1H3,(H,18,19);1H. The van der Waals surface area contributed by atoms with Crippen molar-refractivity contribution in [1.29, 1.82) is 0 Å². The lowest BCUT2D eigenvalue weighted by Gasteiger charge is -2.15. The summed E-state index contributed by atoms with van der Waals surface area (Å²) < 4.78 is 5.24. The Balaban J connectivity index is 0.00000220. The molecule has 0 radical (unpaired) electrons. The first kappa shape index (κ1) is 17.8. The number of ether oxygens (including phenoxy) is 1. The summed E-state index contributed by atoms with van der Waals surface area (Å²) in [6.07, 6.45) is 3.39. The van der Waals surface area contributed by atoms with Crippen LogP contribution in [-0.4, -0.2) is 32.7 Å². The number of methoxy groups -OCH3 is 1. The van der Waals surface area contributed by atoms with Crippen molar-refractivity contribution in [3.63, 3.8) is 0 Å². The number of rotatable bonds is 5. The smallest absolute Gasteiger partial charge is 0.224 e. The van der Waals surface area contributed by atoms with Gasteiger partial charge >= 0.3 is 0 Å². The maximum atomic E-state index is 12.0. The quantitative estimate of drug-likeness (QED) is 0.815. The molecule has 0 spiro atoms. The molecule has 1 aliphatic heterocycles. The van der Waals surface area contributed by atoms with Gasteiger partial charge in [-0.2, -0.15) is 0 Å². The van der Waals surface area contributed by atoms with Gasteiger partial charge in [-0.3, -0.25) is 4.79 Å². The summed E-state index contributed by atoms with van der Waals surface area (Å²) in [5.74, 6) is 0.663. The minimum absolute atomic E-state index is 0. The molecule has 0 aromatic heterocycles. The lowest BCUT2D eigenvalue weighted by Crippen LogP contribution is -2.30. The summed E-state index contributed by atoms with van der Waals surface area (Å²) in [6, 6.07) is 5.30. The van der Waals surface area contributed by atoms with Gasteiger partial charge in [0.05, 0.1) is 13.5 Å². The summed E-state index contributed by atoms with van der Waals surface area (Å²) in [4.78, 5) is 12.0. The van der Waals surface area contributed by atoms with Crippen LogP contribution in [0.3, 0.4) is 0 Å². The van der Waals surface area contributed by atoms with E-state index in [0.717, 1.165) is 25.1 Å². The summed E-state index contributed by atoms with van der Waals surface area (Å²) in [5.41, 5.74) is 2.08. The summed E-state index contributed by atoms with van der Waals surface area (Å²) in [6.45, 7) is 2.47. The fourth-order valence-corrected chi connectivity index (χ4v) is 2.36. The van der Waals surface area contributed by atoms with Crippen LogP contribution in [0.15, 0.2) is 29.8 Å². The summed E-state index contributed by atoms with van der Waals surface area (Å²) >= 11 is 5.95. The lowest BCUT2D eigenvalue weighted by atomic mass is 10.1. The van der Waals surface area contributed by atoms with E-state index >= 15 is 0 Å². The molecule has 116 valence electrons. The maximum Gasteiger partial charge on any atom is 0.224 e. The fourth-order valence-electron chi connectivity index (χ4n) is 2.16. The molecule has 1 aliphatic rings. The largest absolute Gasteiger partial charge is 0.496 e. The van der Waals surface area contributed by atoms with Crippen LogP contribution in [-0.2, 0) is 11.2 Å². The van der Waals surface area contributed by atoms with Crippen molar-refractivity contribution in [2.45, 2.75) is 12.8 Å². The Labute approximate surface area is 136 Å². The van der Waals surface area contributed by atoms with Crippen molar-refractivity contribution in [3.8, 4) is 5.75 Å². The van der Waals surface area contributed by atoms with Gasteiger partial charge in [0.2, 0.25) is 5.91 Å². The van der Waals surface area contributed by atoms with Gasteiger partial charge < -0.3 is 15.4 Å². The second-order valence-electron chi connectivity index (χ2n) is 4.73. The Bertz CT molecular complexity index is 518. The molecule has 2 N–H and O–H groups in total. The highest BCUT2D eigenvalue weighted by molar-refractivity contribution is 6.30. The Morgan fingerprint density at radius 1 is 1.48 bits per heavy atom. The zero-order valence-electron chi connectivity index (χ0n) is 11.9. The van der Waals surface area contributed by atoms with Crippen LogP contribution in [0.2, 0.25) is 5.02 Å². The molecule has 0 saturated carbocycles. The zero-order valence-corrected chi connectivity index (χ0v) is 13.5. The van der Waals surface area contributed by atoms with Crippen LogP contribution in [0.25, 0.3) is 0 Å². The number of carbonyl (C=O) groups excluding carboxylic acids is 1. The van der Waals surface area contributed by atoms with Crippen LogP contribution in [0.4, 0.5) is 0 Å². The van der Waals surface area contributed by atoms with E-state index in [1.54, 1.807) is 25.3 Å². The molecule has 0 unspecified atom stereocenters. The second-order valence-corrected chi connectivity index (χ2v) is 5.16. The Kier molecular flexibility index (Phi) is 7.57. The van der Waals surface area contributed by atoms with Gasteiger partial charge in [-0.15, -0.1) is 12.4 Å². The Hall–Kier alpha value is -1.23. The van der Waals surface area contributed by atoms with Gasteiger partial charge in [0.25, 0.3) is 0 Å². The molecule has 0 saturated heterocycles. The van der Waals surface area contributed by atoms with E-state index in [-0.39, 0.29) is 24.7 Å². The third kappa shape index (κ3) is 5.58.